The highest BCUT2D eigenvalue weighted by Crippen LogP contribution is 2.39. The summed E-state index contributed by atoms with van der Waals surface area (Å²) in [5, 5.41) is 2.34. The number of pyridine rings is 2. The van der Waals surface area contributed by atoms with E-state index in [-0.39, 0.29) is 18.9 Å². The van der Waals surface area contributed by atoms with Gasteiger partial charge in [0.1, 0.15) is 11.6 Å². The van der Waals surface area contributed by atoms with E-state index in [0.29, 0.717) is 24.3 Å². The summed E-state index contributed by atoms with van der Waals surface area (Å²) in [5.74, 6) is 1.32. The molecule has 13 heteroatoms. The molecule has 0 aliphatic carbocycles. The Bertz CT molecular complexity index is 2400. The molecule has 4 aliphatic rings. The van der Waals surface area contributed by atoms with Crippen molar-refractivity contribution in [3.63, 3.8) is 0 Å². The van der Waals surface area contributed by atoms with Crippen molar-refractivity contribution < 1.29 is 8.78 Å². The van der Waals surface area contributed by atoms with E-state index in [2.05, 4.69) is 97.2 Å². The van der Waals surface area contributed by atoms with Gasteiger partial charge in [-0.3, -0.25) is 14.9 Å². The monoisotopic (exact) mass is 767 g/mol. The van der Waals surface area contributed by atoms with Crippen LogP contribution in [0.4, 0.5) is 32.1 Å². The molecule has 0 bridgehead atoms. The summed E-state index contributed by atoms with van der Waals surface area (Å²) in [7, 11) is 0. The third kappa shape index (κ3) is 7.06. The molecular weight excluding hydrogens is 721 g/mol. The second kappa shape index (κ2) is 14.7. The predicted molar refractivity (Wildman–Crippen MR) is 221 cm³/mol. The summed E-state index contributed by atoms with van der Waals surface area (Å²) in [6, 6.07) is 23.6. The maximum Gasteiger partial charge on any atom is 0.266 e. The van der Waals surface area contributed by atoms with Gasteiger partial charge in [0.15, 0.2) is 11.6 Å². The number of aromatic nitrogens is 6. The fraction of sp³-hybridized carbons (Fsp3) is 0.409. The normalized spacial score (nSPS) is 19.8. The van der Waals surface area contributed by atoms with Gasteiger partial charge in [0.2, 0.25) is 0 Å². The van der Waals surface area contributed by atoms with Gasteiger partial charge < -0.3 is 19.6 Å². The topological polar surface area (TPSA) is 93.5 Å². The van der Waals surface area contributed by atoms with Crippen molar-refractivity contribution >= 4 is 45.1 Å². The van der Waals surface area contributed by atoms with Crippen molar-refractivity contribution in [2.75, 3.05) is 85.0 Å². The molecule has 0 radical (unpaired) electrons. The summed E-state index contributed by atoms with van der Waals surface area (Å²) in [6.07, 6.45) is 8.75. The van der Waals surface area contributed by atoms with Gasteiger partial charge in [0.25, 0.3) is 5.92 Å². The molecule has 292 valence electrons. The molecule has 0 N–H and O–H groups in total. The zero-order valence-electron chi connectivity index (χ0n) is 32.3. The van der Waals surface area contributed by atoms with Crippen LogP contribution in [0.5, 0.6) is 0 Å². The second-order valence-electron chi connectivity index (χ2n) is 16.2. The number of rotatable bonds is 9. The number of fused-ring (bicyclic) bond motifs is 2. The first-order valence-electron chi connectivity index (χ1n) is 20.3. The minimum absolute atomic E-state index is 0.110. The molecule has 11 nitrogen and oxygen atoms in total. The molecule has 8 heterocycles. The Morgan fingerprint density at radius 3 is 2.04 bits per heavy atom. The van der Waals surface area contributed by atoms with Crippen molar-refractivity contribution in [3.8, 4) is 0 Å². The Balaban J connectivity index is 0.799. The van der Waals surface area contributed by atoms with Gasteiger partial charge in [-0.1, -0.05) is 36.4 Å². The highest BCUT2D eigenvalue weighted by molar-refractivity contribution is 5.84. The summed E-state index contributed by atoms with van der Waals surface area (Å²) < 4.78 is 28.2. The van der Waals surface area contributed by atoms with Crippen LogP contribution in [-0.2, 0) is 6.42 Å². The summed E-state index contributed by atoms with van der Waals surface area (Å²) in [6.45, 7) is 9.37. The van der Waals surface area contributed by atoms with Gasteiger partial charge in [-0.25, -0.2) is 28.7 Å². The minimum atomic E-state index is -2.69. The number of anilines is 4. The van der Waals surface area contributed by atoms with E-state index in [1.54, 1.807) is 17.3 Å². The van der Waals surface area contributed by atoms with Crippen molar-refractivity contribution in [1.82, 2.24) is 34.8 Å². The largest absolute Gasteiger partial charge is 0.355 e. The third-order valence-corrected chi connectivity index (χ3v) is 12.4. The average Bonchev–Trinajstić information content (AvgIpc) is 3.38. The molecule has 6 aromatic rings. The quantitative estimate of drug-likeness (QED) is 0.160. The average molecular weight is 768 g/mol. The van der Waals surface area contributed by atoms with Crippen LogP contribution in [0.1, 0.15) is 48.6 Å². The zero-order valence-corrected chi connectivity index (χ0v) is 32.3. The van der Waals surface area contributed by atoms with Crippen LogP contribution in [0.25, 0.3) is 21.8 Å². The Morgan fingerprint density at radius 1 is 0.649 bits per heavy atom. The molecule has 1 atom stereocenters. The molecule has 4 fully saturated rings. The summed E-state index contributed by atoms with van der Waals surface area (Å²) in [5.41, 5.74) is 5.20. The van der Waals surface area contributed by atoms with Gasteiger partial charge in [-0.15, -0.1) is 0 Å². The van der Waals surface area contributed by atoms with Gasteiger partial charge in [-0.2, -0.15) is 0 Å². The molecule has 1 unspecified atom stereocenters. The van der Waals surface area contributed by atoms with Crippen molar-refractivity contribution in [1.29, 1.82) is 0 Å². The Labute approximate surface area is 331 Å². The number of hydrogen-bond donors (Lipinski definition) is 0. The summed E-state index contributed by atoms with van der Waals surface area (Å²) in [4.78, 5) is 40.3. The number of benzene rings is 2. The van der Waals surface area contributed by atoms with Crippen LogP contribution in [-0.4, -0.2) is 112 Å². The molecule has 0 spiro atoms. The Hall–Kier alpha value is -5.56. The smallest absolute Gasteiger partial charge is 0.266 e. The van der Waals surface area contributed by atoms with E-state index >= 15 is 0 Å². The highest BCUT2D eigenvalue weighted by Gasteiger charge is 2.42. The number of nitrogens with zero attached hydrogens (tertiary/aromatic N) is 11. The molecule has 0 saturated carbocycles. The Morgan fingerprint density at radius 2 is 1.30 bits per heavy atom. The van der Waals surface area contributed by atoms with Crippen LogP contribution in [0, 0.1) is 0 Å². The number of para-hydroxylation sites is 2. The SMILES string of the molecule is CC(Cc1cc(N2CC(c3nccnc3N3CCC(F)(F)C3)C2)nc2ccccc12)N1CCCN(c2nccnc2C2CN(c3ccc4ccccc4n3)C2)CC1. The van der Waals surface area contributed by atoms with Crippen LogP contribution < -0.4 is 19.6 Å². The van der Waals surface area contributed by atoms with Crippen molar-refractivity contribution in [2.45, 2.75) is 50.0 Å². The lowest BCUT2D eigenvalue weighted by molar-refractivity contribution is 0.0256. The number of hydrogen-bond acceptors (Lipinski definition) is 11. The van der Waals surface area contributed by atoms with Gasteiger partial charge in [0, 0.05) is 119 Å². The molecule has 10 rings (SSSR count). The molecule has 2 aromatic carbocycles. The third-order valence-electron chi connectivity index (χ3n) is 12.4. The van der Waals surface area contributed by atoms with E-state index in [1.807, 2.05) is 18.5 Å². The van der Waals surface area contributed by atoms with E-state index in [9.17, 15) is 8.78 Å². The summed E-state index contributed by atoms with van der Waals surface area (Å²) >= 11 is 0. The van der Waals surface area contributed by atoms with E-state index < -0.39 is 5.92 Å². The highest BCUT2D eigenvalue weighted by atomic mass is 19.3. The second-order valence-corrected chi connectivity index (χ2v) is 16.2. The standard InChI is InChI=1S/C44H47F2N11/c1-30(53-18-6-19-54(22-21-53)42-40(47-14-16-49-42)33-25-56(26-33)38-12-11-31-7-2-4-9-36(31)51-38)23-32-24-39(52-37-10-5-3-8-35(32)37)57-27-34(28-57)41-43(50-17-15-48-41)55-20-13-44(45,46)29-55/h2-5,7-12,14-17,24,30,33-34H,6,13,18-23,25-29H2,1H3. The van der Waals surface area contributed by atoms with Crippen LogP contribution in [0.2, 0.25) is 0 Å². The fourth-order valence-corrected chi connectivity index (χ4v) is 9.17. The number of halogens is 2. The molecule has 4 saturated heterocycles. The maximum absolute atomic E-state index is 14.1. The zero-order chi connectivity index (χ0) is 38.5. The lowest BCUT2D eigenvalue weighted by atomic mass is 9.94. The lowest BCUT2D eigenvalue weighted by Crippen LogP contribution is -2.46. The van der Waals surface area contributed by atoms with Crippen molar-refractivity contribution in [2.24, 2.45) is 0 Å². The predicted octanol–water partition coefficient (Wildman–Crippen LogP) is 6.56. The van der Waals surface area contributed by atoms with Gasteiger partial charge >= 0.3 is 0 Å². The van der Waals surface area contributed by atoms with E-state index in [0.717, 1.165) is 110 Å². The first-order valence-corrected chi connectivity index (χ1v) is 20.3. The first-order chi connectivity index (χ1) is 27.8. The lowest BCUT2D eigenvalue weighted by Gasteiger charge is -2.41. The Kier molecular flexibility index (Phi) is 9.27. The minimum Gasteiger partial charge on any atom is -0.355 e. The maximum atomic E-state index is 14.1. The fourth-order valence-electron chi connectivity index (χ4n) is 9.17. The van der Waals surface area contributed by atoms with Crippen LogP contribution in [0.15, 0.2) is 91.5 Å². The first kappa shape index (κ1) is 35.8. The van der Waals surface area contributed by atoms with Gasteiger partial charge in [-0.05, 0) is 55.7 Å². The van der Waals surface area contributed by atoms with Crippen LogP contribution in [0.3, 0.4) is 0 Å². The van der Waals surface area contributed by atoms with Crippen LogP contribution >= 0.6 is 0 Å². The van der Waals surface area contributed by atoms with E-state index in [4.69, 9.17) is 19.9 Å². The molecule has 57 heavy (non-hydrogen) atoms. The molecule has 4 aliphatic heterocycles. The molecular formula is C44H47F2N11. The van der Waals surface area contributed by atoms with Crippen molar-refractivity contribution in [3.05, 3.63) is 108 Å². The number of alkyl halides is 2. The van der Waals surface area contributed by atoms with E-state index in [1.165, 1.54) is 10.9 Å². The molecule has 4 aromatic heterocycles. The molecule has 0 amide bonds. The van der Waals surface area contributed by atoms with Gasteiger partial charge in [0.05, 0.1) is 29.0 Å².